The van der Waals surface area contributed by atoms with Gasteiger partial charge in [0.05, 0.1) is 6.61 Å². The number of rotatable bonds is 6. The molecule has 1 N–H and O–H groups in total. The van der Waals surface area contributed by atoms with E-state index in [9.17, 15) is 4.79 Å². The van der Waals surface area contributed by atoms with Gasteiger partial charge in [-0.25, -0.2) is 9.78 Å². The van der Waals surface area contributed by atoms with E-state index in [0.717, 1.165) is 63.7 Å². The molecule has 0 amide bonds. The zero-order valence-corrected chi connectivity index (χ0v) is 20.8. The number of carbonyl (C=O) groups excluding carboxylic acids is 1. The zero-order valence-electron chi connectivity index (χ0n) is 20.0. The first-order chi connectivity index (χ1) is 15.1. The van der Waals surface area contributed by atoms with Crippen molar-refractivity contribution in [3.05, 3.63) is 45.6 Å². The van der Waals surface area contributed by atoms with E-state index in [-0.39, 0.29) is 12.6 Å². The molecule has 0 fully saturated rings. The van der Waals surface area contributed by atoms with Gasteiger partial charge in [0.25, 0.3) is 0 Å². The number of ether oxygens (including phenoxy) is 3. The Balaban J connectivity index is 1.85. The summed E-state index contributed by atoms with van der Waals surface area (Å²) in [6, 6.07) is 4.01. The summed E-state index contributed by atoms with van der Waals surface area (Å²) >= 11 is 5.76. The second-order valence-corrected chi connectivity index (χ2v) is 8.97. The van der Waals surface area contributed by atoms with Gasteiger partial charge in [0.2, 0.25) is 0 Å². The summed E-state index contributed by atoms with van der Waals surface area (Å²) in [5.74, 6) is 1.92. The van der Waals surface area contributed by atoms with Crippen LogP contribution >= 0.6 is 12.2 Å². The summed E-state index contributed by atoms with van der Waals surface area (Å²) in [6.45, 7) is 14.0. The first kappa shape index (κ1) is 24.0. The molecule has 2 aromatic rings. The fourth-order valence-corrected chi connectivity index (χ4v) is 4.35. The Hall–Kier alpha value is -2.67. The first-order valence-corrected chi connectivity index (χ1v) is 11.3. The van der Waals surface area contributed by atoms with Crippen LogP contribution in [0.25, 0.3) is 0 Å². The number of nitrogens with one attached hydrogen (secondary N) is 1. The summed E-state index contributed by atoms with van der Waals surface area (Å²) in [6.07, 6.45) is 1.51. The second-order valence-electron chi connectivity index (χ2n) is 8.56. The fourth-order valence-electron chi connectivity index (χ4n) is 4.10. The average Bonchev–Trinajstić information content (AvgIpc) is 2.71. The minimum Gasteiger partial charge on any atom is -0.481 e. The highest BCUT2D eigenvalue weighted by Gasteiger charge is 2.38. The van der Waals surface area contributed by atoms with E-state index >= 15 is 0 Å². The van der Waals surface area contributed by atoms with Crippen LogP contribution in [0.5, 0.6) is 11.5 Å². The van der Waals surface area contributed by atoms with Gasteiger partial charge in [-0.15, -0.1) is 0 Å². The summed E-state index contributed by atoms with van der Waals surface area (Å²) in [4.78, 5) is 16.9. The molecule has 7 heteroatoms. The van der Waals surface area contributed by atoms with Crippen LogP contribution in [0.1, 0.15) is 53.8 Å². The number of benzene rings is 1. The van der Waals surface area contributed by atoms with Crippen molar-refractivity contribution in [2.75, 3.05) is 18.5 Å². The second kappa shape index (κ2) is 9.45. The van der Waals surface area contributed by atoms with Crippen LogP contribution in [0.15, 0.2) is 12.1 Å². The summed E-state index contributed by atoms with van der Waals surface area (Å²) in [5, 5.41) is 3.29. The lowest BCUT2D eigenvalue weighted by atomic mass is 9.87. The number of thiocarbonyl (C=S) groups is 1. The van der Waals surface area contributed by atoms with Gasteiger partial charge in [-0.05, 0) is 95.7 Å². The average molecular weight is 457 g/mol. The molecule has 1 aromatic carbocycles. The number of aromatic nitrogens is 1. The number of aryl methyl sites for hydroxylation is 2. The Morgan fingerprint density at radius 1 is 1.19 bits per heavy atom. The summed E-state index contributed by atoms with van der Waals surface area (Å²) < 4.78 is 17.4. The Bertz CT molecular complexity index is 1050. The van der Waals surface area contributed by atoms with Gasteiger partial charge in [0.15, 0.2) is 12.2 Å². The van der Waals surface area contributed by atoms with Crippen LogP contribution in [0.2, 0.25) is 0 Å². The lowest BCUT2D eigenvalue weighted by Gasteiger charge is -2.38. The first-order valence-electron chi connectivity index (χ1n) is 10.9. The molecule has 32 heavy (non-hydrogen) atoms. The van der Waals surface area contributed by atoms with Gasteiger partial charge in [-0.1, -0.05) is 12.2 Å². The highest BCUT2D eigenvalue weighted by molar-refractivity contribution is 7.80. The van der Waals surface area contributed by atoms with Crippen molar-refractivity contribution in [2.24, 2.45) is 0 Å². The maximum absolute atomic E-state index is 11.8. The summed E-state index contributed by atoms with van der Waals surface area (Å²) in [7, 11) is 0. The number of hydrogen-bond donors (Lipinski definition) is 1. The van der Waals surface area contributed by atoms with E-state index in [1.807, 2.05) is 53.7 Å². The Labute approximate surface area is 195 Å². The molecule has 0 spiro atoms. The maximum Gasteiger partial charge on any atom is 0.344 e. The van der Waals surface area contributed by atoms with Crippen LogP contribution < -0.4 is 14.8 Å². The predicted molar refractivity (Wildman–Crippen MR) is 130 cm³/mol. The third-order valence-electron chi connectivity index (χ3n) is 5.95. The van der Waals surface area contributed by atoms with Crippen molar-refractivity contribution in [1.29, 1.82) is 0 Å². The van der Waals surface area contributed by atoms with E-state index in [1.165, 1.54) is 0 Å². The normalized spacial score (nSPS) is 17.2. The van der Waals surface area contributed by atoms with Gasteiger partial charge >= 0.3 is 5.97 Å². The molecule has 6 nitrogen and oxygen atoms in total. The minimum atomic E-state index is -0.654. The number of fused-ring (bicyclic) bond motifs is 1. The van der Waals surface area contributed by atoms with Crippen molar-refractivity contribution in [1.82, 2.24) is 4.98 Å². The molecule has 1 aliphatic rings. The molecule has 1 aliphatic heterocycles. The highest BCUT2D eigenvalue weighted by Crippen LogP contribution is 2.44. The highest BCUT2D eigenvalue weighted by atomic mass is 32.1. The van der Waals surface area contributed by atoms with Crippen LogP contribution in [-0.2, 0) is 16.0 Å². The van der Waals surface area contributed by atoms with Crippen LogP contribution in [0.3, 0.4) is 0 Å². The van der Waals surface area contributed by atoms with E-state index in [0.29, 0.717) is 11.6 Å². The minimum absolute atomic E-state index is 0.108. The van der Waals surface area contributed by atoms with E-state index in [4.69, 9.17) is 26.4 Å². The molecule has 0 bridgehead atoms. The molecule has 0 saturated heterocycles. The van der Waals surface area contributed by atoms with Gasteiger partial charge < -0.3 is 19.5 Å². The quantitative estimate of drug-likeness (QED) is 0.480. The number of nitrogens with zero attached hydrogens (tertiary/aromatic N) is 1. The van der Waals surface area contributed by atoms with Crippen LogP contribution in [-0.4, -0.2) is 34.8 Å². The van der Waals surface area contributed by atoms with Gasteiger partial charge in [-0.3, -0.25) is 0 Å². The monoisotopic (exact) mass is 456 g/mol. The van der Waals surface area contributed by atoms with Crippen molar-refractivity contribution < 1.29 is 19.0 Å². The molecule has 2 heterocycles. The lowest BCUT2D eigenvalue weighted by molar-refractivity contribution is -0.145. The molecule has 0 saturated carbocycles. The van der Waals surface area contributed by atoms with Gasteiger partial charge in [0, 0.05) is 11.3 Å². The maximum atomic E-state index is 11.8. The third-order valence-corrected chi connectivity index (χ3v) is 6.48. The predicted octanol–water partition coefficient (Wildman–Crippen LogP) is 5.09. The lowest BCUT2D eigenvalue weighted by Crippen LogP contribution is -2.47. The SMILES string of the molecule is CCOC(=O)COc1c(C)c(C)c2c(c1C)CCC(C)(C(=S)Nc1cc(C)cc(C)n1)O2. The Morgan fingerprint density at radius 2 is 1.91 bits per heavy atom. The van der Waals surface area contributed by atoms with Crippen molar-refractivity contribution in [2.45, 2.75) is 66.9 Å². The van der Waals surface area contributed by atoms with E-state index < -0.39 is 5.60 Å². The van der Waals surface area contributed by atoms with Crippen LogP contribution in [0, 0.1) is 34.6 Å². The number of anilines is 1. The van der Waals surface area contributed by atoms with E-state index in [1.54, 1.807) is 6.92 Å². The zero-order chi connectivity index (χ0) is 23.6. The molecule has 1 unspecified atom stereocenters. The van der Waals surface area contributed by atoms with Gasteiger partial charge in [-0.2, -0.15) is 0 Å². The van der Waals surface area contributed by atoms with Crippen molar-refractivity contribution in [3.63, 3.8) is 0 Å². The standard InChI is InChI=1S/C25H32N2O4S/c1-8-29-21(28)13-30-22-16(4)17(5)23-19(18(22)6)9-10-25(7,31-23)24(32)27-20-12-14(2)11-15(3)26-20/h11-12H,8-10,13H2,1-7H3,(H,26,27,32). The molecular formula is C25H32N2O4S. The number of carbonyl (C=O) groups is 1. The largest absolute Gasteiger partial charge is 0.481 e. The molecule has 1 atom stereocenters. The smallest absolute Gasteiger partial charge is 0.344 e. The number of hydrogen-bond acceptors (Lipinski definition) is 6. The number of esters is 1. The molecule has 0 radical (unpaired) electrons. The third kappa shape index (κ3) is 4.88. The molecule has 3 rings (SSSR count). The fraction of sp³-hybridized carbons (Fsp3) is 0.480. The summed E-state index contributed by atoms with van der Waals surface area (Å²) in [5.41, 5.74) is 5.43. The van der Waals surface area contributed by atoms with Gasteiger partial charge in [0.1, 0.15) is 22.3 Å². The Morgan fingerprint density at radius 3 is 2.56 bits per heavy atom. The Kier molecular flexibility index (Phi) is 7.08. The van der Waals surface area contributed by atoms with Crippen LogP contribution in [0.4, 0.5) is 5.82 Å². The van der Waals surface area contributed by atoms with Crippen molar-refractivity contribution >= 4 is 29.0 Å². The molecule has 0 aliphatic carbocycles. The molecule has 172 valence electrons. The van der Waals surface area contributed by atoms with Crippen molar-refractivity contribution in [3.8, 4) is 11.5 Å². The number of pyridine rings is 1. The van der Waals surface area contributed by atoms with E-state index in [2.05, 4.69) is 10.3 Å². The topological polar surface area (TPSA) is 69.7 Å². The molecular weight excluding hydrogens is 424 g/mol. The molecule has 1 aromatic heterocycles.